The Bertz CT molecular complexity index is 957. The summed E-state index contributed by atoms with van der Waals surface area (Å²) in [5.41, 5.74) is 4.05. The van der Waals surface area contributed by atoms with Crippen LogP contribution in [0.1, 0.15) is 28.5 Å². The van der Waals surface area contributed by atoms with Gasteiger partial charge in [0.15, 0.2) is 5.96 Å². The third kappa shape index (κ3) is 5.60. The first-order valence-corrected chi connectivity index (χ1v) is 9.96. The van der Waals surface area contributed by atoms with Crippen LogP contribution < -0.4 is 10.6 Å². The highest BCUT2D eigenvalue weighted by atomic mass is 16.2. The maximum Gasteiger partial charge on any atom is 0.253 e. The van der Waals surface area contributed by atoms with Crippen LogP contribution in [0.3, 0.4) is 0 Å². The second-order valence-electron chi connectivity index (χ2n) is 7.15. The van der Waals surface area contributed by atoms with E-state index in [-0.39, 0.29) is 5.91 Å². The molecule has 0 saturated carbocycles. The van der Waals surface area contributed by atoms with Crippen molar-refractivity contribution in [3.63, 3.8) is 0 Å². The van der Waals surface area contributed by atoms with Gasteiger partial charge in [0.25, 0.3) is 5.91 Å². The minimum Gasteiger partial charge on any atom is -0.357 e. The van der Waals surface area contributed by atoms with Gasteiger partial charge in [-0.3, -0.25) is 4.79 Å². The topological polar surface area (TPSA) is 72.5 Å². The number of fused-ring (bicyclic) bond motifs is 1. The first-order chi connectivity index (χ1) is 14.1. The summed E-state index contributed by atoms with van der Waals surface area (Å²) in [6, 6.07) is 18.1. The number of hydrogen-bond donors (Lipinski definition) is 3. The molecule has 0 aliphatic heterocycles. The number of carbonyl (C=O) groups excluding carboxylic acids is 1. The lowest BCUT2D eigenvalue weighted by atomic mass is 10.1. The molecule has 0 spiro atoms. The van der Waals surface area contributed by atoms with Crippen LogP contribution in [-0.2, 0) is 13.0 Å². The van der Waals surface area contributed by atoms with Crippen LogP contribution in [0.5, 0.6) is 0 Å². The summed E-state index contributed by atoms with van der Waals surface area (Å²) in [4.78, 5) is 21.8. The minimum atomic E-state index is 0.0213. The van der Waals surface area contributed by atoms with Gasteiger partial charge in [0.05, 0.1) is 6.54 Å². The van der Waals surface area contributed by atoms with Gasteiger partial charge in [-0.2, -0.15) is 0 Å². The summed E-state index contributed by atoms with van der Waals surface area (Å²) in [6.45, 7) is 4.16. The number of para-hydroxylation sites is 1. The number of H-pyrrole nitrogens is 1. The van der Waals surface area contributed by atoms with Crippen molar-refractivity contribution in [2.45, 2.75) is 19.9 Å². The van der Waals surface area contributed by atoms with E-state index in [0.29, 0.717) is 12.1 Å². The fraction of sp³-hybridized carbons (Fsp3) is 0.304. The van der Waals surface area contributed by atoms with Gasteiger partial charge >= 0.3 is 0 Å². The van der Waals surface area contributed by atoms with Crippen molar-refractivity contribution in [1.82, 2.24) is 20.5 Å². The molecule has 1 aromatic heterocycles. The largest absolute Gasteiger partial charge is 0.357 e. The highest BCUT2D eigenvalue weighted by Crippen LogP contribution is 2.15. The van der Waals surface area contributed by atoms with Crippen molar-refractivity contribution in [2.75, 3.05) is 27.2 Å². The first kappa shape index (κ1) is 20.5. The number of carbonyl (C=O) groups is 1. The standard InChI is InChI=1S/C23H29N5O/c1-4-24-23(26-16-20-15-18-9-5-6-11-21(18)27-20)25-13-12-17-8-7-10-19(14-17)22(29)28(2)3/h5-11,14-15,27H,4,12-13,16H2,1-3H3,(H2,24,25,26). The maximum absolute atomic E-state index is 12.1. The Labute approximate surface area is 172 Å². The van der Waals surface area contributed by atoms with Crippen LogP contribution in [0, 0.1) is 0 Å². The van der Waals surface area contributed by atoms with Gasteiger partial charge < -0.3 is 20.5 Å². The van der Waals surface area contributed by atoms with Crippen molar-refractivity contribution in [2.24, 2.45) is 4.99 Å². The summed E-state index contributed by atoms with van der Waals surface area (Å²) < 4.78 is 0. The van der Waals surface area contributed by atoms with E-state index in [1.165, 1.54) is 5.39 Å². The number of amides is 1. The first-order valence-electron chi connectivity index (χ1n) is 9.96. The van der Waals surface area contributed by atoms with Gasteiger partial charge in [0, 0.05) is 44.0 Å². The molecule has 0 radical (unpaired) electrons. The zero-order valence-corrected chi connectivity index (χ0v) is 17.3. The van der Waals surface area contributed by atoms with Gasteiger partial charge in [0.1, 0.15) is 0 Å². The zero-order chi connectivity index (χ0) is 20.6. The third-order valence-electron chi connectivity index (χ3n) is 4.62. The molecule has 6 nitrogen and oxygen atoms in total. The molecule has 0 fully saturated rings. The van der Waals surface area contributed by atoms with E-state index in [1.807, 2.05) is 36.4 Å². The number of nitrogens with one attached hydrogen (secondary N) is 3. The van der Waals surface area contributed by atoms with E-state index < -0.39 is 0 Å². The van der Waals surface area contributed by atoms with Crippen LogP contribution in [0.25, 0.3) is 10.9 Å². The fourth-order valence-corrected chi connectivity index (χ4v) is 3.17. The highest BCUT2D eigenvalue weighted by Gasteiger charge is 2.08. The van der Waals surface area contributed by atoms with E-state index >= 15 is 0 Å². The zero-order valence-electron chi connectivity index (χ0n) is 17.3. The molecule has 0 bridgehead atoms. The molecule has 0 aliphatic carbocycles. The van der Waals surface area contributed by atoms with E-state index in [9.17, 15) is 4.79 Å². The van der Waals surface area contributed by atoms with Gasteiger partial charge in [-0.25, -0.2) is 4.99 Å². The average molecular weight is 392 g/mol. The number of rotatable bonds is 7. The monoisotopic (exact) mass is 391 g/mol. The molecule has 3 N–H and O–H groups in total. The molecular formula is C23H29N5O. The van der Waals surface area contributed by atoms with E-state index in [1.54, 1.807) is 19.0 Å². The molecule has 1 heterocycles. The SMILES string of the molecule is CCNC(=NCc1cc2ccccc2[nH]1)NCCc1cccc(C(=O)N(C)C)c1. The predicted molar refractivity (Wildman–Crippen MR) is 119 cm³/mol. The quantitative estimate of drug-likeness (QED) is 0.428. The molecule has 0 aliphatic rings. The smallest absolute Gasteiger partial charge is 0.253 e. The van der Waals surface area contributed by atoms with Gasteiger partial charge in [0.2, 0.25) is 0 Å². The van der Waals surface area contributed by atoms with Crippen LogP contribution in [0.15, 0.2) is 59.6 Å². The van der Waals surface area contributed by atoms with Crippen molar-refractivity contribution in [3.8, 4) is 0 Å². The van der Waals surface area contributed by atoms with Gasteiger partial charge in [-0.05, 0) is 48.6 Å². The number of benzene rings is 2. The number of aliphatic imine (C=N–C) groups is 1. The lowest BCUT2D eigenvalue weighted by Gasteiger charge is -2.13. The predicted octanol–water partition coefficient (Wildman–Crippen LogP) is 3.17. The molecule has 29 heavy (non-hydrogen) atoms. The molecule has 152 valence electrons. The van der Waals surface area contributed by atoms with Crippen molar-refractivity contribution in [1.29, 1.82) is 0 Å². The Kier molecular flexibility index (Phi) is 6.89. The number of nitrogens with zero attached hydrogens (tertiary/aromatic N) is 2. The number of aromatic nitrogens is 1. The molecule has 3 rings (SSSR count). The normalized spacial score (nSPS) is 11.5. The molecule has 1 amide bonds. The van der Waals surface area contributed by atoms with Crippen LogP contribution in [-0.4, -0.2) is 48.9 Å². The summed E-state index contributed by atoms with van der Waals surface area (Å²) >= 11 is 0. The maximum atomic E-state index is 12.1. The molecule has 6 heteroatoms. The van der Waals surface area contributed by atoms with Crippen LogP contribution in [0.2, 0.25) is 0 Å². The Morgan fingerprint density at radius 1 is 1.07 bits per heavy atom. The molecule has 0 unspecified atom stereocenters. The molecule has 0 saturated heterocycles. The third-order valence-corrected chi connectivity index (χ3v) is 4.62. The van der Waals surface area contributed by atoms with E-state index in [0.717, 1.165) is 42.2 Å². The second-order valence-corrected chi connectivity index (χ2v) is 7.15. The van der Waals surface area contributed by atoms with Crippen molar-refractivity contribution in [3.05, 3.63) is 71.4 Å². The Balaban J connectivity index is 1.58. The summed E-state index contributed by atoms with van der Waals surface area (Å²) in [7, 11) is 3.53. The molecule has 2 aromatic carbocycles. The molecular weight excluding hydrogens is 362 g/mol. The average Bonchev–Trinajstić information content (AvgIpc) is 3.14. The Morgan fingerprint density at radius 3 is 2.66 bits per heavy atom. The number of hydrogen-bond acceptors (Lipinski definition) is 2. The fourth-order valence-electron chi connectivity index (χ4n) is 3.17. The van der Waals surface area contributed by atoms with Gasteiger partial charge in [-0.1, -0.05) is 30.3 Å². The number of guanidine groups is 1. The van der Waals surface area contributed by atoms with E-state index in [2.05, 4.69) is 45.7 Å². The Hall–Kier alpha value is -3.28. The van der Waals surface area contributed by atoms with Crippen molar-refractivity contribution < 1.29 is 4.79 Å². The van der Waals surface area contributed by atoms with Crippen LogP contribution >= 0.6 is 0 Å². The van der Waals surface area contributed by atoms with Crippen LogP contribution in [0.4, 0.5) is 0 Å². The summed E-state index contributed by atoms with van der Waals surface area (Å²) in [6.07, 6.45) is 0.811. The summed E-state index contributed by atoms with van der Waals surface area (Å²) in [5, 5.41) is 7.85. The van der Waals surface area contributed by atoms with E-state index in [4.69, 9.17) is 0 Å². The highest BCUT2D eigenvalue weighted by molar-refractivity contribution is 5.94. The Morgan fingerprint density at radius 2 is 1.90 bits per heavy atom. The second kappa shape index (κ2) is 9.78. The van der Waals surface area contributed by atoms with Gasteiger partial charge in [-0.15, -0.1) is 0 Å². The summed E-state index contributed by atoms with van der Waals surface area (Å²) in [5.74, 6) is 0.805. The molecule has 0 atom stereocenters. The lowest BCUT2D eigenvalue weighted by molar-refractivity contribution is 0.0827. The minimum absolute atomic E-state index is 0.0213. The number of aromatic amines is 1. The molecule has 3 aromatic rings. The van der Waals surface area contributed by atoms with Crippen molar-refractivity contribution >= 4 is 22.8 Å². The lowest BCUT2D eigenvalue weighted by Crippen LogP contribution is -2.38.